The maximum absolute atomic E-state index is 9.82. The van der Waals surface area contributed by atoms with E-state index >= 15 is 0 Å². The van der Waals surface area contributed by atoms with Gasteiger partial charge < -0.3 is 15.5 Å². The number of rotatable bonds is 4. The Kier molecular flexibility index (Phi) is 4.83. The molecular weight excluding hydrogens is 238 g/mol. The van der Waals surface area contributed by atoms with Crippen molar-refractivity contribution in [3.8, 4) is 5.75 Å². The van der Waals surface area contributed by atoms with Crippen molar-refractivity contribution in [3.05, 3.63) is 28.8 Å². The largest absolute Gasteiger partial charge is 0.507 e. The predicted molar refractivity (Wildman–Crippen MR) is 77.4 cm³/mol. The number of phenols is 1. The fourth-order valence-corrected chi connectivity index (χ4v) is 3.00. The average molecular weight is 263 g/mol. The molecule has 1 aliphatic rings. The van der Waals surface area contributed by atoms with Crippen LogP contribution in [0.1, 0.15) is 54.8 Å². The monoisotopic (exact) mass is 263 g/mol. The summed E-state index contributed by atoms with van der Waals surface area (Å²) in [5.41, 5.74) is 2.82. The van der Waals surface area contributed by atoms with E-state index in [1.54, 1.807) is 0 Å². The first kappa shape index (κ1) is 14.4. The third kappa shape index (κ3) is 3.48. The van der Waals surface area contributed by atoms with Crippen molar-refractivity contribution in [3.63, 3.8) is 0 Å². The second-order valence-corrected chi connectivity index (χ2v) is 5.74. The van der Waals surface area contributed by atoms with Crippen molar-refractivity contribution in [1.82, 2.24) is 5.32 Å². The third-order valence-corrected chi connectivity index (χ3v) is 4.14. The summed E-state index contributed by atoms with van der Waals surface area (Å²) in [5.74, 6) is 0.359. The molecule has 0 aromatic heterocycles. The van der Waals surface area contributed by atoms with Crippen LogP contribution in [-0.4, -0.2) is 22.9 Å². The number of aryl methyl sites for hydroxylation is 2. The summed E-state index contributed by atoms with van der Waals surface area (Å²) in [6.45, 7) is 3.90. The van der Waals surface area contributed by atoms with Crippen LogP contribution in [0, 0.1) is 13.8 Å². The van der Waals surface area contributed by atoms with Gasteiger partial charge in [-0.2, -0.15) is 0 Å². The van der Waals surface area contributed by atoms with Crippen LogP contribution in [0.25, 0.3) is 0 Å². The molecule has 1 fully saturated rings. The molecule has 0 aliphatic heterocycles. The number of aliphatic hydroxyl groups excluding tert-OH is 1. The van der Waals surface area contributed by atoms with E-state index in [9.17, 15) is 10.2 Å². The molecule has 3 nitrogen and oxygen atoms in total. The normalized spacial score (nSPS) is 18.5. The molecule has 1 atom stereocenters. The van der Waals surface area contributed by atoms with Crippen LogP contribution in [0.2, 0.25) is 0 Å². The minimum atomic E-state index is -0.0268. The van der Waals surface area contributed by atoms with Gasteiger partial charge in [-0.3, -0.25) is 0 Å². The molecule has 1 aliphatic carbocycles. The number of hydrogen-bond donors (Lipinski definition) is 3. The molecule has 1 saturated carbocycles. The number of aliphatic hydroxyl groups is 1. The molecule has 0 amide bonds. The quantitative estimate of drug-likeness (QED) is 0.783. The fourth-order valence-electron chi connectivity index (χ4n) is 3.00. The molecule has 0 saturated heterocycles. The first-order chi connectivity index (χ1) is 9.11. The summed E-state index contributed by atoms with van der Waals surface area (Å²) in [4.78, 5) is 0. The molecule has 0 heterocycles. The minimum Gasteiger partial charge on any atom is -0.507 e. The van der Waals surface area contributed by atoms with Gasteiger partial charge in [0.2, 0.25) is 0 Å². The molecule has 3 N–H and O–H groups in total. The standard InChI is InChI=1S/C16H25NO2/c1-11-8-13(9-12(2)16(11)19)15(10-18)17-14-6-4-3-5-7-14/h8-9,14-15,17-19H,3-7,10H2,1-2H3. The molecular formula is C16H25NO2. The lowest BCUT2D eigenvalue weighted by Gasteiger charge is -2.28. The summed E-state index contributed by atoms with van der Waals surface area (Å²) in [5, 5.41) is 23.0. The Balaban J connectivity index is 2.12. The highest BCUT2D eigenvalue weighted by Gasteiger charge is 2.19. The molecule has 1 aromatic carbocycles. The Morgan fingerprint density at radius 3 is 2.26 bits per heavy atom. The molecule has 0 radical (unpaired) electrons. The second-order valence-electron chi connectivity index (χ2n) is 5.74. The van der Waals surface area contributed by atoms with Gasteiger partial charge in [0.05, 0.1) is 12.6 Å². The van der Waals surface area contributed by atoms with Gasteiger partial charge in [0.1, 0.15) is 5.75 Å². The number of phenolic OH excluding ortho intramolecular Hbond substituents is 1. The van der Waals surface area contributed by atoms with E-state index in [0.717, 1.165) is 16.7 Å². The highest BCUT2D eigenvalue weighted by Crippen LogP contribution is 2.27. The van der Waals surface area contributed by atoms with E-state index in [1.807, 2.05) is 26.0 Å². The SMILES string of the molecule is Cc1cc(C(CO)NC2CCCCC2)cc(C)c1O. The predicted octanol–water partition coefficient (Wildman–Crippen LogP) is 2.96. The Bertz CT molecular complexity index is 402. The van der Waals surface area contributed by atoms with Crippen LogP contribution in [0.4, 0.5) is 0 Å². The number of benzene rings is 1. The second kappa shape index (κ2) is 6.40. The number of aromatic hydroxyl groups is 1. The smallest absolute Gasteiger partial charge is 0.121 e. The van der Waals surface area contributed by atoms with Gasteiger partial charge in [-0.05, 0) is 43.4 Å². The number of hydrogen-bond acceptors (Lipinski definition) is 3. The van der Waals surface area contributed by atoms with E-state index in [2.05, 4.69) is 5.32 Å². The van der Waals surface area contributed by atoms with Crippen molar-refractivity contribution >= 4 is 0 Å². The van der Waals surface area contributed by atoms with Crippen LogP contribution in [0.3, 0.4) is 0 Å². The molecule has 1 unspecified atom stereocenters. The molecule has 3 heteroatoms. The van der Waals surface area contributed by atoms with E-state index in [0.29, 0.717) is 11.8 Å². The fraction of sp³-hybridized carbons (Fsp3) is 0.625. The highest BCUT2D eigenvalue weighted by molar-refractivity contribution is 5.43. The minimum absolute atomic E-state index is 0.0268. The Labute approximate surface area is 115 Å². The molecule has 0 bridgehead atoms. The molecule has 106 valence electrons. The van der Waals surface area contributed by atoms with Gasteiger partial charge in [0.25, 0.3) is 0 Å². The van der Waals surface area contributed by atoms with Crippen LogP contribution in [0.5, 0.6) is 5.75 Å². The summed E-state index contributed by atoms with van der Waals surface area (Å²) in [6, 6.07) is 4.43. The Morgan fingerprint density at radius 1 is 1.16 bits per heavy atom. The van der Waals surface area contributed by atoms with Crippen molar-refractivity contribution < 1.29 is 10.2 Å². The molecule has 1 aromatic rings. The van der Waals surface area contributed by atoms with E-state index in [4.69, 9.17) is 0 Å². The summed E-state index contributed by atoms with van der Waals surface area (Å²) < 4.78 is 0. The summed E-state index contributed by atoms with van der Waals surface area (Å²) in [7, 11) is 0. The van der Waals surface area contributed by atoms with E-state index in [-0.39, 0.29) is 12.6 Å². The first-order valence-corrected chi connectivity index (χ1v) is 7.29. The zero-order valence-corrected chi connectivity index (χ0v) is 11.9. The zero-order chi connectivity index (χ0) is 13.8. The van der Waals surface area contributed by atoms with Gasteiger partial charge in [-0.15, -0.1) is 0 Å². The lowest BCUT2D eigenvalue weighted by Crippen LogP contribution is -2.36. The van der Waals surface area contributed by atoms with Crippen LogP contribution in [0.15, 0.2) is 12.1 Å². The van der Waals surface area contributed by atoms with Crippen molar-refractivity contribution in [2.24, 2.45) is 0 Å². The lowest BCUT2D eigenvalue weighted by molar-refractivity contribution is 0.220. The van der Waals surface area contributed by atoms with E-state index in [1.165, 1.54) is 32.1 Å². The van der Waals surface area contributed by atoms with Crippen LogP contribution in [-0.2, 0) is 0 Å². The maximum Gasteiger partial charge on any atom is 0.121 e. The van der Waals surface area contributed by atoms with Crippen LogP contribution >= 0.6 is 0 Å². The maximum atomic E-state index is 9.82. The zero-order valence-electron chi connectivity index (χ0n) is 11.9. The Morgan fingerprint density at radius 2 is 1.74 bits per heavy atom. The highest BCUT2D eigenvalue weighted by atomic mass is 16.3. The first-order valence-electron chi connectivity index (χ1n) is 7.29. The lowest BCUT2D eigenvalue weighted by atomic mass is 9.93. The van der Waals surface area contributed by atoms with E-state index < -0.39 is 0 Å². The van der Waals surface area contributed by atoms with Crippen molar-refractivity contribution in [2.75, 3.05) is 6.61 Å². The van der Waals surface area contributed by atoms with Gasteiger partial charge in [0.15, 0.2) is 0 Å². The summed E-state index contributed by atoms with van der Waals surface area (Å²) >= 11 is 0. The van der Waals surface area contributed by atoms with Gasteiger partial charge in [0, 0.05) is 6.04 Å². The number of nitrogens with one attached hydrogen (secondary N) is 1. The Hall–Kier alpha value is -1.06. The van der Waals surface area contributed by atoms with Crippen molar-refractivity contribution in [1.29, 1.82) is 0 Å². The van der Waals surface area contributed by atoms with Gasteiger partial charge in [-0.25, -0.2) is 0 Å². The topological polar surface area (TPSA) is 52.5 Å². The molecule has 19 heavy (non-hydrogen) atoms. The third-order valence-electron chi connectivity index (χ3n) is 4.14. The van der Waals surface area contributed by atoms with Crippen LogP contribution < -0.4 is 5.32 Å². The van der Waals surface area contributed by atoms with Gasteiger partial charge >= 0.3 is 0 Å². The summed E-state index contributed by atoms with van der Waals surface area (Å²) in [6.07, 6.45) is 6.30. The molecule has 2 rings (SSSR count). The van der Waals surface area contributed by atoms with Crippen molar-refractivity contribution in [2.45, 2.75) is 58.0 Å². The average Bonchev–Trinajstić information content (AvgIpc) is 2.42. The molecule has 0 spiro atoms. The van der Waals surface area contributed by atoms with Gasteiger partial charge in [-0.1, -0.05) is 31.4 Å².